The number of amides is 1. The molecule has 7 nitrogen and oxygen atoms in total. The van der Waals surface area contributed by atoms with Crippen LogP contribution in [-0.4, -0.2) is 47.2 Å². The molecule has 0 radical (unpaired) electrons. The minimum absolute atomic E-state index is 0. The summed E-state index contributed by atoms with van der Waals surface area (Å²) in [4.78, 5) is 12.3. The topological polar surface area (TPSA) is 111 Å². The normalized spacial score (nSPS) is 15.4. The van der Waals surface area contributed by atoms with Gasteiger partial charge in [-0.25, -0.2) is 13.1 Å². The van der Waals surface area contributed by atoms with Gasteiger partial charge in [-0.2, -0.15) is 0 Å². The minimum atomic E-state index is -3.59. The van der Waals surface area contributed by atoms with Gasteiger partial charge in [-0.15, -0.1) is 12.4 Å². The number of benzene rings is 1. The zero-order chi connectivity index (χ0) is 16.9. The first-order chi connectivity index (χ1) is 11.0. The Bertz CT molecular complexity index is 633. The molecule has 1 aliphatic rings. The summed E-state index contributed by atoms with van der Waals surface area (Å²) in [6, 6.07) is 5.82. The molecule has 0 aromatic heterocycles. The lowest BCUT2D eigenvalue weighted by Gasteiger charge is -2.16. The Kier molecular flexibility index (Phi) is 8.11. The van der Waals surface area contributed by atoms with E-state index in [0.29, 0.717) is 24.6 Å². The second-order valence-corrected chi connectivity index (χ2v) is 7.33. The first-order valence-electron chi connectivity index (χ1n) is 7.57. The fourth-order valence-corrected chi connectivity index (χ4v) is 3.28. The third kappa shape index (κ3) is 5.71. The Morgan fingerprint density at radius 1 is 1.33 bits per heavy atom. The van der Waals surface area contributed by atoms with Crippen LogP contribution in [0.2, 0.25) is 0 Å². The number of hydrogen-bond donors (Lipinski definition) is 3. The standard InChI is InChI=1S/C15H23N3O4S.ClH/c1-22-9-8-17-23(20,21)13-6-4-12(5-7-13)15(19)18-14(10-16)11-2-3-11;/h4-7,11,14,17H,2-3,8-10,16H2,1H3,(H,18,19);1H. The number of halogens is 1. The second-order valence-electron chi connectivity index (χ2n) is 5.57. The molecule has 0 saturated heterocycles. The molecule has 1 amide bonds. The van der Waals surface area contributed by atoms with Gasteiger partial charge < -0.3 is 15.8 Å². The molecule has 1 aromatic carbocycles. The van der Waals surface area contributed by atoms with Gasteiger partial charge in [-0.3, -0.25) is 4.79 Å². The van der Waals surface area contributed by atoms with Gasteiger partial charge in [0.1, 0.15) is 0 Å². The Labute approximate surface area is 148 Å². The zero-order valence-corrected chi connectivity index (χ0v) is 15.2. The van der Waals surface area contributed by atoms with Gasteiger partial charge in [0.2, 0.25) is 10.0 Å². The molecular weight excluding hydrogens is 354 g/mol. The van der Waals surface area contributed by atoms with Crippen molar-refractivity contribution in [3.05, 3.63) is 29.8 Å². The van der Waals surface area contributed by atoms with Crippen LogP contribution >= 0.6 is 12.4 Å². The molecule has 0 bridgehead atoms. The van der Waals surface area contributed by atoms with E-state index in [2.05, 4.69) is 10.0 Å². The molecular formula is C15H24ClN3O4S. The van der Waals surface area contributed by atoms with Gasteiger partial charge in [0.15, 0.2) is 0 Å². The minimum Gasteiger partial charge on any atom is -0.383 e. The van der Waals surface area contributed by atoms with E-state index in [1.54, 1.807) is 0 Å². The van der Waals surface area contributed by atoms with Gasteiger partial charge >= 0.3 is 0 Å². The number of sulfonamides is 1. The van der Waals surface area contributed by atoms with Crippen LogP contribution in [0.15, 0.2) is 29.2 Å². The van der Waals surface area contributed by atoms with Crippen molar-refractivity contribution >= 4 is 28.3 Å². The fourth-order valence-electron chi connectivity index (χ4n) is 2.27. The van der Waals surface area contributed by atoms with Crippen molar-refractivity contribution in [2.24, 2.45) is 11.7 Å². The third-order valence-corrected chi connectivity index (χ3v) is 5.26. The SMILES string of the molecule is COCCNS(=O)(=O)c1ccc(C(=O)NC(CN)C2CC2)cc1.Cl. The molecule has 24 heavy (non-hydrogen) atoms. The van der Waals surface area contributed by atoms with Crippen molar-refractivity contribution in [1.82, 2.24) is 10.0 Å². The van der Waals surface area contributed by atoms with Crippen LogP contribution in [0.1, 0.15) is 23.2 Å². The average molecular weight is 378 g/mol. The number of carbonyl (C=O) groups is 1. The van der Waals surface area contributed by atoms with Crippen LogP contribution in [0.4, 0.5) is 0 Å². The molecule has 1 atom stereocenters. The average Bonchev–Trinajstić information content (AvgIpc) is 3.37. The molecule has 1 aromatic rings. The van der Waals surface area contributed by atoms with E-state index in [-0.39, 0.29) is 35.8 Å². The van der Waals surface area contributed by atoms with Crippen molar-refractivity contribution in [3.8, 4) is 0 Å². The Hall–Kier alpha value is -1.19. The van der Waals surface area contributed by atoms with E-state index in [1.807, 2.05) is 0 Å². The Balaban J connectivity index is 0.00000288. The molecule has 0 aliphatic heterocycles. The van der Waals surface area contributed by atoms with Gasteiger partial charge in [0, 0.05) is 31.8 Å². The first kappa shape index (κ1) is 20.9. The van der Waals surface area contributed by atoms with Crippen molar-refractivity contribution in [2.45, 2.75) is 23.8 Å². The Morgan fingerprint density at radius 2 is 1.96 bits per heavy atom. The quantitative estimate of drug-likeness (QED) is 0.543. The number of hydrogen-bond acceptors (Lipinski definition) is 5. The van der Waals surface area contributed by atoms with Crippen molar-refractivity contribution in [3.63, 3.8) is 0 Å². The van der Waals surface area contributed by atoms with Gasteiger partial charge in [0.05, 0.1) is 11.5 Å². The molecule has 4 N–H and O–H groups in total. The highest BCUT2D eigenvalue weighted by Crippen LogP contribution is 2.32. The number of ether oxygens (including phenoxy) is 1. The molecule has 1 fully saturated rings. The summed E-state index contributed by atoms with van der Waals surface area (Å²) in [5, 5.41) is 2.90. The van der Waals surface area contributed by atoms with Crippen LogP contribution in [0, 0.1) is 5.92 Å². The van der Waals surface area contributed by atoms with Crippen LogP contribution in [0.5, 0.6) is 0 Å². The van der Waals surface area contributed by atoms with Crippen LogP contribution in [0.25, 0.3) is 0 Å². The lowest BCUT2D eigenvalue weighted by atomic mass is 10.1. The maximum Gasteiger partial charge on any atom is 0.251 e. The lowest BCUT2D eigenvalue weighted by Crippen LogP contribution is -2.41. The molecule has 136 valence electrons. The van der Waals surface area contributed by atoms with Crippen LogP contribution in [-0.2, 0) is 14.8 Å². The van der Waals surface area contributed by atoms with E-state index in [9.17, 15) is 13.2 Å². The lowest BCUT2D eigenvalue weighted by molar-refractivity contribution is 0.0933. The van der Waals surface area contributed by atoms with E-state index in [1.165, 1.54) is 31.4 Å². The molecule has 0 spiro atoms. The summed E-state index contributed by atoms with van der Waals surface area (Å²) in [6.45, 7) is 0.897. The van der Waals surface area contributed by atoms with E-state index in [4.69, 9.17) is 10.5 Å². The van der Waals surface area contributed by atoms with Crippen molar-refractivity contribution in [1.29, 1.82) is 0 Å². The summed E-state index contributed by atoms with van der Waals surface area (Å²) < 4.78 is 31.3. The number of carbonyl (C=O) groups excluding carboxylic acids is 1. The number of nitrogens with one attached hydrogen (secondary N) is 2. The largest absolute Gasteiger partial charge is 0.383 e. The monoisotopic (exact) mass is 377 g/mol. The molecule has 1 saturated carbocycles. The van der Waals surface area contributed by atoms with Gasteiger partial charge in [-0.1, -0.05) is 0 Å². The maximum atomic E-state index is 12.2. The smallest absolute Gasteiger partial charge is 0.251 e. The third-order valence-electron chi connectivity index (χ3n) is 3.79. The highest BCUT2D eigenvalue weighted by molar-refractivity contribution is 7.89. The maximum absolute atomic E-state index is 12.2. The Morgan fingerprint density at radius 3 is 2.46 bits per heavy atom. The summed E-state index contributed by atoms with van der Waals surface area (Å²) in [7, 11) is -2.09. The molecule has 9 heteroatoms. The first-order valence-corrected chi connectivity index (χ1v) is 9.06. The summed E-state index contributed by atoms with van der Waals surface area (Å²) >= 11 is 0. The highest BCUT2D eigenvalue weighted by atomic mass is 35.5. The van der Waals surface area contributed by atoms with E-state index >= 15 is 0 Å². The van der Waals surface area contributed by atoms with Crippen molar-refractivity contribution < 1.29 is 17.9 Å². The summed E-state index contributed by atoms with van der Waals surface area (Å²) in [6.07, 6.45) is 2.18. The van der Waals surface area contributed by atoms with Gasteiger partial charge in [-0.05, 0) is 43.0 Å². The van der Waals surface area contributed by atoms with Crippen LogP contribution < -0.4 is 15.8 Å². The predicted molar refractivity (Wildman–Crippen MR) is 93.8 cm³/mol. The fraction of sp³-hybridized carbons (Fsp3) is 0.533. The zero-order valence-electron chi connectivity index (χ0n) is 13.5. The molecule has 0 heterocycles. The molecule has 1 aliphatic carbocycles. The second kappa shape index (κ2) is 9.33. The number of rotatable bonds is 9. The molecule has 2 rings (SSSR count). The summed E-state index contributed by atoms with van der Waals surface area (Å²) in [5.41, 5.74) is 6.08. The summed E-state index contributed by atoms with van der Waals surface area (Å²) in [5.74, 6) is 0.234. The van der Waals surface area contributed by atoms with E-state index < -0.39 is 10.0 Å². The van der Waals surface area contributed by atoms with Crippen LogP contribution in [0.3, 0.4) is 0 Å². The number of nitrogens with two attached hydrogens (primary N) is 1. The van der Waals surface area contributed by atoms with Crippen molar-refractivity contribution in [2.75, 3.05) is 26.8 Å². The molecule has 1 unspecified atom stereocenters. The number of methoxy groups -OCH3 is 1. The predicted octanol–water partition coefficient (Wildman–Crippen LogP) is 0.500. The van der Waals surface area contributed by atoms with Gasteiger partial charge in [0.25, 0.3) is 5.91 Å². The highest BCUT2D eigenvalue weighted by Gasteiger charge is 2.31. The van der Waals surface area contributed by atoms with E-state index in [0.717, 1.165) is 12.8 Å².